The van der Waals surface area contributed by atoms with E-state index in [0.717, 1.165) is 18.8 Å². The Balaban J connectivity index is 2.56. The Morgan fingerprint density at radius 3 is 2.92 bits per heavy atom. The first-order chi connectivity index (χ1) is 6.36. The standard InChI is InChI=1S/C9H15N3O/c1-3-5-13-9-6-8(10-4-2)11-7-12-9/h6-7H,3-5H2,1-2H3,(H,10,11,12). The Hall–Kier alpha value is -1.32. The van der Waals surface area contributed by atoms with E-state index in [1.807, 2.05) is 6.92 Å². The molecule has 0 aliphatic heterocycles. The van der Waals surface area contributed by atoms with Gasteiger partial charge in [0.05, 0.1) is 6.61 Å². The van der Waals surface area contributed by atoms with Crippen molar-refractivity contribution >= 4 is 5.82 Å². The monoisotopic (exact) mass is 181 g/mol. The summed E-state index contributed by atoms with van der Waals surface area (Å²) in [5.74, 6) is 1.44. The molecule has 4 heteroatoms. The van der Waals surface area contributed by atoms with Crippen LogP contribution in [-0.4, -0.2) is 23.1 Å². The second kappa shape index (κ2) is 5.35. The van der Waals surface area contributed by atoms with E-state index < -0.39 is 0 Å². The van der Waals surface area contributed by atoms with Crippen molar-refractivity contribution in [3.63, 3.8) is 0 Å². The van der Waals surface area contributed by atoms with Gasteiger partial charge in [0.25, 0.3) is 0 Å². The van der Waals surface area contributed by atoms with Crippen LogP contribution >= 0.6 is 0 Å². The van der Waals surface area contributed by atoms with Gasteiger partial charge in [-0.05, 0) is 13.3 Å². The summed E-state index contributed by atoms with van der Waals surface area (Å²) in [6.45, 7) is 5.63. The van der Waals surface area contributed by atoms with Crippen molar-refractivity contribution in [1.82, 2.24) is 9.97 Å². The zero-order valence-electron chi connectivity index (χ0n) is 8.08. The maximum atomic E-state index is 5.35. The molecular formula is C9H15N3O. The Kier molecular flexibility index (Phi) is 4.02. The van der Waals surface area contributed by atoms with Crippen molar-refractivity contribution in [3.05, 3.63) is 12.4 Å². The quantitative estimate of drug-likeness (QED) is 0.751. The van der Waals surface area contributed by atoms with Crippen molar-refractivity contribution in [3.8, 4) is 5.88 Å². The minimum Gasteiger partial charge on any atom is -0.478 e. The van der Waals surface area contributed by atoms with Gasteiger partial charge in [-0.15, -0.1) is 0 Å². The predicted molar refractivity (Wildman–Crippen MR) is 52.0 cm³/mol. The highest BCUT2D eigenvalue weighted by molar-refractivity contribution is 5.36. The van der Waals surface area contributed by atoms with Crippen LogP contribution in [0.3, 0.4) is 0 Å². The van der Waals surface area contributed by atoms with Crippen molar-refractivity contribution in [2.75, 3.05) is 18.5 Å². The van der Waals surface area contributed by atoms with Crippen LogP contribution in [0.2, 0.25) is 0 Å². The van der Waals surface area contributed by atoms with Crippen LogP contribution in [0.4, 0.5) is 5.82 Å². The number of ether oxygens (including phenoxy) is 1. The third-order valence-electron chi connectivity index (χ3n) is 1.45. The summed E-state index contributed by atoms with van der Waals surface area (Å²) in [4.78, 5) is 8.02. The SMILES string of the molecule is CCCOc1cc(NCC)ncn1. The summed E-state index contributed by atoms with van der Waals surface area (Å²) in [6.07, 6.45) is 2.49. The largest absolute Gasteiger partial charge is 0.478 e. The molecule has 13 heavy (non-hydrogen) atoms. The Bertz CT molecular complexity index is 252. The first-order valence-electron chi connectivity index (χ1n) is 4.55. The van der Waals surface area contributed by atoms with Crippen LogP contribution in [-0.2, 0) is 0 Å². The summed E-state index contributed by atoms with van der Waals surface area (Å²) in [7, 11) is 0. The van der Waals surface area contributed by atoms with E-state index in [9.17, 15) is 0 Å². The van der Waals surface area contributed by atoms with Gasteiger partial charge in [-0.1, -0.05) is 6.92 Å². The summed E-state index contributed by atoms with van der Waals surface area (Å²) >= 11 is 0. The number of nitrogens with zero attached hydrogens (tertiary/aromatic N) is 2. The Morgan fingerprint density at radius 1 is 1.38 bits per heavy atom. The van der Waals surface area contributed by atoms with Crippen LogP contribution in [0.25, 0.3) is 0 Å². The van der Waals surface area contributed by atoms with Crippen LogP contribution < -0.4 is 10.1 Å². The molecule has 0 bridgehead atoms. The van der Waals surface area contributed by atoms with Crippen LogP contribution in [0.5, 0.6) is 5.88 Å². The molecule has 0 saturated carbocycles. The first kappa shape index (κ1) is 9.77. The van der Waals surface area contributed by atoms with Crippen molar-refractivity contribution in [2.24, 2.45) is 0 Å². The molecule has 72 valence electrons. The van der Waals surface area contributed by atoms with Crippen LogP contribution in [0.1, 0.15) is 20.3 Å². The molecule has 0 aliphatic rings. The molecule has 0 saturated heterocycles. The van der Waals surface area contributed by atoms with Gasteiger partial charge in [-0.3, -0.25) is 0 Å². The molecular weight excluding hydrogens is 166 g/mol. The van der Waals surface area contributed by atoms with Crippen LogP contribution in [0, 0.1) is 0 Å². The van der Waals surface area contributed by atoms with E-state index in [2.05, 4.69) is 22.2 Å². The lowest BCUT2D eigenvalue weighted by Gasteiger charge is -2.05. The molecule has 1 aromatic heterocycles. The summed E-state index contributed by atoms with van der Waals surface area (Å²) < 4.78 is 5.35. The molecule has 0 spiro atoms. The van der Waals surface area contributed by atoms with Gasteiger partial charge in [-0.25, -0.2) is 9.97 Å². The van der Waals surface area contributed by atoms with Gasteiger partial charge >= 0.3 is 0 Å². The highest BCUT2D eigenvalue weighted by atomic mass is 16.5. The number of anilines is 1. The average molecular weight is 181 g/mol. The van der Waals surface area contributed by atoms with E-state index in [0.29, 0.717) is 12.5 Å². The van der Waals surface area contributed by atoms with Gasteiger partial charge in [0, 0.05) is 12.6 Å². The Labute approximate surface area is 78.4 Å². The van der Waals surface area contributed by atoms with Crippen molar-refractivity contribution in [1.29, 1.82) is 0 Å². The Morgan fingerprint density at radius 2 is 2.23 bits per heavy atom. The molecule has 4 nitrogen and oxygen atoms in total. The highest BCUT2D eigenvalue weighted by Gasteiger charge is 1.96. The lowest BCUT2D eigenvalue weighted by atomic mass is 10.5. The molecule has 1 aromatic rings. The van der Waals surface area contributed by atoms with E-state index >= 15 is 0 Å². The molecule has 1 rings (SSSR count). The van der Waals surface area contributed by atoms with Gasteiger partial charge < -0.3 is 10.1 Å². The van der Waals surface area contributed by atoms with E-state index in [1.165, 1.54) is 6.33 Å². The first-order valence-corrected chi connectivity index (χ1v) is 4.55. The van der Waals surface area contributed by atoms with Gasteiger partial charge in [0.15, 0.2) is 0 Å². The maximum absolute atomic E-state index is 5.35. The third-order valence-corrected chi connectivity index (χ3v) is 1.45. The predicted octanol–water partition coefficient (Wildman–Crippen LogP) is 1.70. The van der Waals surface area contributed by atoms with E-state index in [-0.39, 0.29) is 0 Å². The molecule has 0 aliphatic carbocycles. The highest BCUT2D eigenvalue weighted by Crippen LogP contribution is 2.10. The van der Waals surface area contributed by atoms with Gasteiger partial charge in [0.2, 0.25) is 5.88 Å². The average Bonchev–Trinajstić information content (AvgIpc) is 2.16. The fraction of sp³-hybridized carbons (Fsp3) is 0.556. The van der Waals surface area contributed by atoms with E-state index in [4.69, 9.17) is 4.74 Å². The maximum Gasteiger partial charge on any atom is 0.218 e. The molecule has 0 atom stereocenters. The molecule has 0 fully saturated rings. The molecule has 0 unspecified atom stereocenters. The minimum atomic E-state index is 0.632. The zero-order chi connectivity index (χ0) is 9.52. The number of rotatable bonds is 5. The molecule has 0 aromatic carbocycles. The topological polar surface area (TPSA) is 47.0 Å². The summed E-state index contributed by atoms with van der Waals surface area (Å²) in [5.41, 5.74) is 0. The smallest absolute Gasteiger partial charge is 0.218 e. The second-order valence-corrected chi connectivity index (χ2v) is 2.62. The molecule has 0 radical (unpaired) electrons. The fourth-order valence-corrected chi connectivity index (χ4v) is 0.903. The van der Waals surface area contributed by atoms with Crippen LogP contribution in [0.15, 0.2) is 12.4 Å². The third kappa shape index (κ3) is 3.27. The normalized spacial score (nSPS) is 9.69. The summed E-state index contributed by atoms with van der Waals surface area (Å²) in [5, 5.41) is 3.09. The van der Waals surface area contributed by atoms with E-state index in [1.54, 1.807) is 6.07 Å². The number of hydrogen-bond acceptors (Lipinski definition) is 4. The van der Waals surface area contributed by atoms with Crippen molar-refractivity contribution < 1.29 is 4.74 Å². The molecule has 0 amide bonds. The fourth-order valence-electron chi connectivity index (χ4n) is 0.903. The second-order valence-electron chi connectivity index (χ2n) is 2.62. The van der Waals surface area contributed by atoms with Gasteiger partial charge in [0.1, 0.15) is 12.1 Å². The summed E-state index contributed by atoms with van der Waals surface area (Å²) in [6, 6.07) is 1.80. The number of nitrogens with one attached hydrogen (secondary N) is 1. The zero-order valence-corrected chi connectivity index (χ0v) is 8.08. The number of aromatic nitrogens is 2. The lowest BCUT2D eigenvalue weighted by Crippen LogP contribution is -2.02. The molecule has 1 heterocycles. The van der Waals surface area contributed by atoms with Gasteiger partial charge in [-0.2, -0.15) is 0 Å². The molecule has 1 N–H and O–H groups in total. The number of hydrogen-bond donors (Lipinski definition) is 1. The lowest BCUT2D eigenvalue weighted by molar-refractivity contribution is 0.305. The minimum absolute atomic E-state index is 0.632. The van der Waals surface area contributed by atoms with Crippen molar-refractivity contribution in [2.45, 2.75) is 20.3 Å².